The Morgan fingerprint density at radius 1 is 1.76 bits per heavy atom. The van der Waals surface area contributed by atoms with Crippen molar-refractivity contribution in [2.24, 2.45) is 0 Å². The number of aliphatic hydroxyl groups is 1. The predicted molar refractivity (Wildman–Crippen MR) is 73.4 cm³/mol. The monoisotopic (exact) mass is 319 g/mol. The van der Waals surface area contributed by atoms with Crippen molar-refractivity contribution in [3.8, 4) is 0 Å². The summed E-state index contributed by atoms with van der Waals surface area (Å²) < 4.78 is 6.53. The summed E-state index contributed by atoms with van der Waals surface area (Å²) in [5.74, 6) is 0. The lowest BCUT2D eigenvalue weighted by Crippen LogP contribution is -2.46. The molecule has 1 fully saturated rings. The first-order valence-corrected chi connectivity index (χ1v) is 7.50. The van der Waals surface area contributed by atoms with E-state index in [9.17, 15) is 5.11 Å². The summed E-state index contributed by atoms with van der Waals surface area (Å²) in [7, 11) is 0. The van der Waals surface area contributed by atoms with Gasteiger partial charge < -0.3 is 15.2 Å². The summed E-state index contributed by atoms with van der Waals surface area (Å²) in [5.41, 5.74) is -0.719. The van der Waals surface area contributed by atoms with E-state index in [1.165, 1.54) is 4.88 Å². The Hall–Kier alpha value is 0.0600. The van der Waals surface area contributed by atoms with Gasteiger partial charge in [0.2, 0.25) is 0 Å². The second-order valence-corrected chi connectivity index (χ2v) is 6.49. The highest BCUT2D eigenvalue weighted by Gasteiger charge is 2.39. The number of rotatable bonds is 4. The highest BCUT2D eigenvalue weighted by Crippen LogP contribution is 2.28. The van der Waals surface area contributed by atoms with Gasteiger partial charge in [0, 0.05) is 40.3 Å². The third-order valence-corrected chi connectivity index (χ3v) is 5.26. The molecule has 0 spiro atoms. The van der Waals surface area contributed by atoms with E-state index in [0.717, 1.165) is 4.47 Å². The van der Waals surface area contributed by atoms with Crippen LogP contribution in [0.15, 0.2) is 15.9 Å². The molecule has 2 heterocycles. The third-order valence-electron chi connectivity index (χ3n) is 3.39. The lowest BCUT2D eigenvalue weighted by atomic mass is 9.96. The van der Waals surface area contributed by atoms with E-state index in [4.69, 9.17) is 4.74 Å². The Morgan fingerprint density at radius 2 is 2.53 bits per heavy atom. The van der Waals surface area contributed by atoms with Gasteiger partial charge in [-0.15, -0.1) is 11.3 Å². The Kier molecular flexibility index (Phi) is 4.26. The molecular formula is C12H18BrNO2S. The summed E-state index contributed by atoms with van der Waals surface area (Å²) in [5, 5.41) is 15.8. The number of nitrogens with one attached hydrogen (secondary N) is 1. The molecule has 96 valence electrons. The number of hydrogen-bond acceptors (Lipinski definition) is 4. The van der Waals surface area contributed by atoms with Gasteiger partial charge in [0.1, 0.15) is 5.60 Å². The molecule has 0 aliphatic carbocycles. The molecule has 1 aromatic rings. The molecular weight excluding hydrogens is 302 g/mol. The fraction of sp³-hybridized carbons (Fsp3) is 0.667. The molecule has 0 bridgehead atoms. The second-order valence-electron chi connectivity index (χ2n) is 4.64. The standard InChI is InChI=1S/C12H18BrNO2S/c1-8(11-5-10(13)6-17-11)14-7-12(15)3-4-16-9(12)2/h5-6,8-9,14-15H,3-4,7H2,1-2H3. The van der Waals surface area contributed by atoms with Crippen LogP contribution in [0, 0.1) is 0 Å². The normalized spacial score (nSPS) is 30.7. The van der Waals surface area contributed by atoms with Gasteiger partial charge in [-0.2, -0.15) is 0 Å². The zero-order valence-electron chi connectivity index (χ0n) is 10.1. The van der Waals surface area contributed by atoms with E-state index in [0.29, 0.717) is 19.6 Å². The Balaban J connectivity index is 1.90. The van der Waals surface area contributed by atoms with Gasteiger partial charge in [0.05, 0.1) is 6.10 Å². The van der Waals surface area contributed by atoms with Gasteiger partial charge in [-0.1, -0.05) is 0 Å². The maximum Gasteiger partial charge on any atom is 0.105 e. The van der Waals surface area contributed by atoms with E-state index in [-0.39, 0.29) is 12.1 Å². The fourth-order valence-electron chi connectivity index (χ4n) is 1.99. The van der Waals surface area contributed by atoms with Crippen LogP contribution in [0.2, 0.25) is 0 Å². The van der Waals surface area contributed by atoms with Crippen LogP contribution in [0.4, 0.5) is 0 Å². The molecule has 5 heteroatoms. The summed E-state index contributed by atoms with van der Waals surface area (Å²) in [4.78, 5) is 1.27. The molecule has 3 unspecified atom stereocenters. The van der Waals surface area contributed by atoms with E-state index in [1.807, 2.05) is 6.92 Å². The summed E-state index contributed by atoms with van der Waals surface area (Å²) in [6, 6.07) is 2.36. The van der Waals surface area contributed by atoms with Crippen molar-refractivity contribution >= 4 is 27.3 Å². The van der Waals surface area contributed by atoms with Crippen molar-refractivity contribution in [3.05, 3.63) is 20.8 Å². The molecule has 0 amide bonds. The maximum atomic E-state index is 10.4. The van der Waals surface area contributed by atoms with Crippen LogP contribution in [-0.2, 0) is 4.74 Å². The van der Waals surface area contributed by atoms with Crippen molar-refractivity contribution < 1.29 is 9.84 Å². The van der Waals surface area contributed by atoms with Gasteiger partial charge in [0.25, 0.3) is 0 Å². The van der Waals surface area contributed by atoms with E-state index >= 15 is 0 Å². The van der Waals surface area contributed by atoms with Gasteiger partial charge in [-0.05, 0) is 35.8 Å². The Labute approximate surface area is 114 Å². The van der Waals surface area contributed by atoms with Gasteiger partial charge in [-0.25, -0.2) is 0 Å². The van der Waals surface area contributed by atoms with E-state index in [2.05, 4.69) is 39.6 Å². The second kappa shape index (κ2) is 5.36. The summed E-state index contributed by atoms with van der Waals surface area (Å²) >= 11 is 5.17. The molecule has 1 aliphatic rings. The summed E-state index contributed by atoms with van der Waals surface area (Å²) in [6.45, 7) is 5.27. The predicted octanol–water partition coefficient (Wildman–Crippen LogP) is 2.70. The number of hydrogen-bond donors (Lipinski definition) is 2. The van der Waals surface area contributed by atoms with Gasteiger partial charge in [-0.3, -0.25) is 0 Å². The van der Waals surface area contributed by atoms with Crippen molar-refractivity contribution in [1.82, 2.24) is 5.32 Å². The molecule has 17 heavy (non-hydrogen) atoms. The Morgan fingerprint density at radius 3 is 3.06 bits per heavy atom. The highest BCUT2D eigenvalue weighted by molar-refractivity contribution is 9.10. The molecule has 1 aromatic heterocycles. The van der Waals surface area contributed by atoms with Crippen LogP contribution < -0.4 is 5.32 Å². The smallest absolute Gasteiger partial charge is 0.105 e. The number of thiophene rings is 1. The average Bonchev–Trinajstić information content (AvgIpc) is 2.84. The van der Waals surface area contributed by atoms with Gasteiger partial charge in [0.15, 0.2) is 0 Å². The number of ether oxygens (including phenoxy) is 1. The van der Waals surface area contributed by atoms with Crippen molar-refractivity contribution in [3.63, 3.8) is 0 Å². The molecule has 0 radical (unpaired) electrons. The quantitative estimate of drug-likeness (QED) is 0.896. The van der Waals surface area contributed by atoms with Crippen molar-refractivity contribution in [2.45, 2.75) is 38.0 Å². The first kappa shape index (κ1) is 13.5. The van der Waals surface area contributed by atoms with Crippen LogP contribution in [0.3, 0.4) is 0 Å². The van der Waals surface area contributed by atoms with Gasteiger partial charge >= 0.3 is 0 Å². The SMILES string of the molecule is CC(NCC1(O)CCOC1C)c1cc(Br)cs1. The lowest BCUT2D eigenvalue weighted by molar-refractivity contribution is -0.0273. The van der Waals surface area contributed by atoms with Crippen LogP contribution in [0.1, 0.15) is 31.2 Å². The maximum absolute atomic E-state index is 10.4. The molecule has 0 aromatic carbocycles. The fourth-order valence-corrected chi connectivity index (χ4v) is 3.47. The number of halogens is 1. The van der Waals surface area contributed by atoms with Crippen molar-refractivity contribution in [2.75, 3.05) is 13.2 Å². The van der Waals surface area contributed by atoms with E-state index in [1.54, 1.807) is 11.3 Å². The first-order valence-electron chi connectivity index (χ1n) is 5.82. The molecule has 3 atom stereocenters. The van der Waals surface area contributed by atoms with Crippen LogP contribution in [-0.4, -0.2) is 30.0 Å². The Bertz CT molecular complexity index is 384. The first-order chi connectivity index (χ1) is 8.01. The molecule has 1 aliphatic heterocycles. The summed E-state index contributed by atoms with van der Waals surface area (Å²) in [6.07, 6.45) is 0.624. The topological polar surface area (TPSA) is 41.5 Å². The minimum atomic E-state index is -0.719. The van der Waals surface area contributed by atoms with E-state index < -0.39 is 5.60 Å². The average molecular weight is 320 g/mol. The molecule has 1 saturated heterocycles. The highest BCUT2D eigenvalue weighted by atomic mass is 79.9. The largest absolute Gasteiger partial charge is 0.386 e. The zero-order valence-corrected chi connectivity index (χ0v) is 12.5. The third kappa shape index (κ3) is 3.09. The lowest BCUT2D eigenvalue weighted by Gasteiger charge is -2.28. The minimum Gasteiger partial charge on any atom is -0.386 e. The zero-order chi connectivity index (χ0) is 12.5. The van der Waals surface area contributed by atoms with Crippen LogP contribution in [0.25, 0.3) is 0 Å². The minimum absolute atomic E-state index is 0.0859. The van der Waals surface area contributed by atoms with Crippen LogP contribution in [0.5, 0.6) is 0 Å². The van der Waals surface area contributed by atoms with Crippen LogP contribution >= 0.6 is 27.3 Å². The molecule has 2 rings (SSSR count). The van der Waals surface area contributed by atoms with Crippen molar-refractivity contribution in [1.29, 1.82) is 0 Å². The molecule has 0 saturated carbocycles. The molecule has 2 N–H and O–H groups in total. The molecule has 3 nitrogen and oxygen atoms in total.